The monoisotopic (exact) mass is 497 g/mol. The standard InChI is InChI=1S/C24H23N3O9/c25-22(33)18-15(29)5-12-3-10-4-13-9(6-26-23(34)11-7-27-36-8-11)1-2-14(28)17(13)19(30)16(10)20(31)24(12,35)21(18)32/h1-2,7-8,10,12,15,18,28-29,31,35H,3-6H2,(H2,25,33)(H,26,34)/t10-,12+,15?,18?,24+/m1/s1. The van der Waals surface area contributed by atoms with Crippen molar-refractivity contribution in [3.63, 3.8) is 0 Å². The summed E-state index contributed by atoms with van der Waals surface area (Å²) in [6, 6.07) is 2.84. The Morgan fingerprint density at radius 1 is 1.22 bits per heavy atom. The Hall–Kier alpha value is -4.03. The van der Waals surface area contributed by atoms with Gasteiger partial charge in [0.1, 0.15) is 23.7 Å². The van der Waals surface area contributed by atoms with E-state index >= 15 is 0 Å². The lowest BCUT2D eigenvalue weighted by Crippen LogP contribution is -2.63. The summed E-state index contributed by atoms with van der Waals surface area (Å²) in [6.45, 7) is 0.0164. The number of nitrogens with two attached hydrogens (primary N) is 1. The van der Waals surface area contributed by atoms with Gasteiger partial charge in [-0.1, -0.05) is 11.2 Å². The number of phenolic OH excluding ortho intramolecular Hbond substituents is 1. The number of aromatic hydroxyl groups is 1. The van der Waals surface area contributed by atoms with Gasteiger partial charge in [0.25, 0.3) is 5.91 Å². The number of aromatic nitrogens is 1. The zero-order valence-electron chi connectivity index (χ0n) is 18.8. The van der Waals surface area contributed by atoms with E-state index in [1.165, 1.54) is 18.5 Å². The average molecular weight is 497 g/mol. The minimum absolute atomic E-state index is 0.0164. The molecule has 7 N–H and O–H groups in total. The number of rotatable bonds is 4. The number of hydrogen-bond donors (Lipinski definition) is 6. The van der Waals surface area contributed by atoms with E-state index in [0.717, 1.165) is 0 Å². The molecule has 12 heteroatoms. The Bertz CT molecular complexity index is 1330. The van der Waals surface area contributed by atoms with Crippen LogP contribution >= 0.6 is 0 Å². The molecule has 1 heterocycles. The molecule has 2 amide bonds. The van der Waals surface area contributed by atoms with Gasteiger partial charge in [0.05, 0.1) is 23.4 Å². The number of nitrogens with one attached hydrogen (secondary N) is 1. The van der Waals surface area contributed by atoms with Crippen molar-refractivity contribution in [3.8, 4) is 5.75 Å². The van der Waals surface area contributed by atoms with Crippen LogP contribution in [0, 0.1) is 17.8 Å². The Kier molecular flexibility index (Phi) is 5.45. The van der Waals surface area contributed by atoms with E-state index in [9.17, 15) is 39.6 Å². The number of phenols is 1. The van der Waals surface area contributed by atoms with Crippen molar-refractivity contribution in [2.75, 3.05) is 0 Å². The highest BCUT2D eigenvalue weighted by Gasteiger charge is 2.62. The van der Waals surface area contributed by atoms with Crippen molar-refractivity contribution in [3.05, 3.63) is 58.2 Å². The maximum absolute atomic E-state index is 13.5. The van der Waals surface area contributed by atoms with Gasteiger partial charge in [-0.3, -0.25) is 19.2 Å². The highest BCUT2D eigenvalue weighted by Crippen LogP contribution is 2.51. The summed E-state index contributed by atoms with van der Waals surface area (Å²) < 4.78 is 4.66. The first-order valence-electron chi connectivity index (χ1n) is 11.3. The first-order chi connectivity index (χ1) is 17.1. The molecule has 0 aliphatic heterocycles. The summed E-state index contributed by atoms with van der Waals surface area (Å²) >= 11 is 0. The second-order valence-electron chi connectivity index (χ2n) is 9.43. The summed E-state index contributed by atoms with van der Waals surface area (Å²) in [5.41, 5.74) is 3.56. The third-order valence-electron chi connectivity index (χ3n) is 7.50. The first kappa shape index (κ1) is 23.7. The summed E-state index contributed by atoms with van der Waals surface area (Å²) in [7, 11) is 0. The Morgan fingerprint density at radius 3 is 2.64 bits per heavy atom. The third kappa shape index (κ3) is 3.33. The quantitative estimate of drug-likeness (QED) is 0.302. The lowest BCUT2D eigenvalue weighted by Gasteiger charge is -2.48. The van der Waals surface area contributed by atoms with Crippen molar-refractivity contribution in [1.82, 2.24) is 10.5 Å². The number of amides is 2. The molecule has 5 atom stereocenters. The molecular formula is C24H23N3O9. The van der Waals surface area contributed by atoms with Gasteiger partial charge in [0.2, 0.25) is 5.91 Å². The molecule has 2 unspecified atom stereocenters. The molecule has 1 saturated carbocycles. The van der Waals surface area contributed by atoms with Gasteiger partial charge in [-0.05, 0) is 42.4 Å². The molecule has 36 heavy (non-hydrogen) atoms. The van der Waals surface area contributed by atoms with E-state index in [1.807, 2.05) is 0 Å². The Balaban J connectivity index is 1.53. The van der Waals surface area contributed by atoms with E-state index in [0.29, 0.717) is 11.1 Å². The molecule has 0 bridgehead atoms. The number of allylic oxidation sites excluding steroid dienone is 1. The molecule has 3 aliphatic rings. The van der Waals surface area contributed by atoms with Crippen LogP contribution in [0.1, 0.15) is 44.7 Å². The zero-order chi connectivity index (χ0) is 25.9. The minimum Gasteiger partial charge on any atom is -0.508 e. The van der Waals surface area contributed by atoms with Crippen LogP contribution in [-0.2, 0) is 22.6 Å². The predicted octanol–water partition coefficient (Wildman–Crippen LogP) is -0.337. The molecule has 0 saturated heterocycles. The largest absolute Gasteiger partial charge is 0.508 e. The zero-order valence-corrected chi connectivity index (χ0v) is 18.8. The molecule has 188 valence electrons. The smallest absolute Gasteiger partial charge is 0.256 e. The number of aliphatic hydroxyl groups is 3. The molecule has 3 aliphatic carbocycles. The van der Waals surface area contributed by atoms with Gasteiger partial charge >= 0.3 is 0 Å². The van der Waals surface area contributed by atoms with E-state index in [-0.39, 0.29) is 48.3 Å². The van der Waals surface area contributed by atoms with Crippen LogP contribution in [0.15, 0.2) is 40.4 Å². The highest BCUT2D eigenvalue weighted by molar-refractivity contribution is 6.15. The number of nitrogens with zero attached hydrogens (tertiary/aromatic N) is 1. The van der Waals surface area contributed by atoms with Crippen LogP contribution in [0.5, 0.6) is 5.75 Å². The average Bonchev–Trinajstić information content (AvgIpc) is 3.35. The number of carbonyl (C=O) groups is 4. The second-order valence-corrected chi connectivity index (χ2v) is 9.43. The molecule has 0 radical (unpaired) electrons. The Morgan fingerprint density at radius 2 is 1.97 bits per heavy atom. The van der Waals surface area contributed by atoms with Gasteiger partial charge in [-0.25, -0.2) is 0 Å². The fourth-order valence-corrected chi connectivity index (χ4v) is 5.75. The molecule has 1 aromatic heterocycles. The molecular weight excluding hydrogens is 474 g/mol. The van der Waals surface area contributed by atoms with Crippen molar-refractivity contribution in [2.45, 2.75) is 37.5 Å². The molecule has 1 fully saturated rings. The molecule has 2 aromatic rings. The SMILES string of the molecule is NC(=O)C1C(=O)[C@@]2(O)C(O)=C3C(=O)c4c(O)ccc(CNC(=O)c5cnoc5)c4C[C@H]3C[C@H]2CC1O. The second kappa shape index (κ2) is 8.28. The fraction of sp³-hybridized carbons (Fsp3) is 0.375. The van der Waals surface area contributed by atoms with E-state index in [4.69, 9.17) is 5.73 Å². The van der Waals surface area contributed by atoms with Crippen LogP contribution in [-0.4, -0.2) is 60.7 Å². The van der Waals surface area contributed by atoms with Crippen molar-refractivity contribution < 1.29 is 44.1 Å². The maximum atomic E-state index is 13.5. The number of aliphatic hydroxyl groups excluding tert-OH is 2. The van der Waals surface area contributed by atoms with Crippen LogP contribution in [0.25, 0.3) is 0 Å². The van der Waals surface area contributed by atoms with E-state index in [2.05, 4.69) is 15.0 Å². The summed E-state index contributed by atoms with van der Waals surface area (Å²) in [6.07, 6.45) is 1.01. The van der Waals surface area contributed by atoms with Crippen LogP contribution in [0.4, 0.5) is 0 Å². The Labute approximate surface area is 203 Å². The fourth-order valence-electron chi connectivity index (χ4n) is 5.75. The number of fused-ring (bicyclic) bond motifs is 3. The maximum Gasteiger partial charge on any atom is 0.256 e. The van der Waals surface area contributed by atoms with Gasteiger partial charge < -0.3 is 36.0 Å². The number of carbonyl (C=O) groups excluding carboxylic acids is 4. The first-order valence-corrected chi connectivity index (χ1v) is 11.3. The van der Waals surface area contributed by atoms with Crippen molar-refractivity contribution >= 4 is 23.4 Å². The highest BCUT2D eigenvalue weighted by atomic mass is 16.5. The lowest BCUT2D eigenvalue weighted by atomic mass is 9.57. The summed E-state index contributed by atoms with van der Waals surface area (Å²) in [4.78, 5) is 50.6. The van der Waals surface area contributed by atoms with Crippen LogP contribution in [0.3, 0.4) is 0 Å². The normalized spacial score (nSPS) is 29.3. The molecule has 1 aromatic carbocycles. The van der Waals surface area contributed by atoms with Gasteiger partial charge in [-0.2, -0.15) is 0 Å². The number of benzene rings is 1. The number of primary amides is 1. The van der Waals surface area contributed by atoms with Crippen LogP contribution < -0.4 is 11.1 Å². The number of hydrogen-bond acceptors (Lipinski definition) is 10. The minimum atomic E-state index is -2.56. The molecule has 5 rings (SSSR count). The van der Waals surface area contributed by atoms with E-state index < -0.39 is 58.6 Å². The molecule has 0 spiro atoms. The summed E-state index contributed by atoms with van der Waals surface area (Å²) in [5.74, 6) is -8.12. The van der Waals surface area contributed by atoms with E-state index in [1.54, 1.807) is 6.07 Å². The topological polar surface area (TPSA) is 213 Å². The van der Waals surface area contributed by atoms with Crippen molar-refractivity contribution in [2.24, 2.45) is 23.5 Å². The predicted molar refractivity (Wildman–Crippen MR) is 118 cm³/mol. The lowest BCUT2D eigenvalue weighted by molar-refractivity contribution is -0.167. The van der Waals surface area contributed by atoms with Gasteiger partial charge in [0, 0.05) is 18.0 Å². The number of ketones is 2. The summed E-state index contributed by atoms with van der Waals surface area (Å²) in [5, 5.41) is 49.3. The number of Topliss-reactive ketones (excluding diaryl/α,β-unsaturated/α-hetero) is 2. The molecule has 12 nitrogen and oxygen atoms in total. The van der Waals surface area contributed by atoms with Crippen LogP contribution in [0.2, 0.25) is 0 Å². The van der Waals surface area contributed by atoms with Gasteiger partial charge in [0.15, 0.2) is 17.2 Å². The van der Waals surface area contributed by atoms with Gasteiger partial charge in [-0.15, -0.1) is 0 Å². The van der Waals surface area contributed by atoms with Crippen molar-refractivity contribution in [1.29, 1.82) is 0 Å². The third-order valence-corrected chi connectivity index (χ3v) is 7.50.